The predicted octanol–water partition coefficient (Wildman–Crippen LogP) is 3.54. The third-order valence-corrected chi connectivity index (χ3v) is 5.41. The van der Waals surface area contributed by atoms with E-state index in [4.69, 9.17) is 9.47 Å². The molecule has 1 saturated heterocycles. The Morgan fingerprint density at radius 2 is 2.03 bits per heavy atom. The van der Waals surface area contributed by atoms with Crippen molar-refractivity contribution in [1.82, 2.24) is 14.5 Å². The third-order valence-electron chi connectivity index (χ3n) is 5.41. The normalized spacial score (nSPS) is 14.3. The molecule has 0 bridgehead atoms. The van der Waals surface area contributed by atoms with Crippen LogP contribution < -0.4 is 4.74 Å². The topological polar surface area (TPSA) is 56.6 Å². The lowest BCUT2D eigenvalue weighted by molar-refractivity contribution is 0.0304. The first-order chi connectivity index (χ1) is 14.3. The van der Waals surface area contributed by atoms with Gasteiger partial charge < -0.3 is 18.9 Å². The van der Waals surface area contributed by atoms with E-state index in [2.05, 4.69) is 21.7 Å². The number of ether oxygens (including phenoxy) is 2. The Bertz CT molecular complexity index is 976. The fraction of sp³-hybridized carbons (Fsp3) is 0.391. The van der Waals surface area contributed by atoms with E-state index < -0.39 is 0 Å². The summed E-state index contributed by atoms with van der Waals surface area (Å²) < 4.78 is 12.8. The average molecular weight is 393 g/mol. The first kappa shape index (κ1) is 19.5. The molecule has 6 nitrogen and oxygen atoms in total. The summed E-state index contributed by atoms with van der Waals surface area (Å²) in [7, 11) is 1.69. The van der Waals surface area contributed by atoms with Crippen LogP contribution in [0.15, 0.2) is 48.8 Å². The minimum Gasteiger partial charge on any atom is -0.497 e. The van der Waals surface area contributed by atoms with Crippen LogP contribution in [0.4, 0.5) is 0 Å². The highest BCUT2D eigenvalue weighted by Crippen LogP contribution is 2.22. The van der Waals surface area contributed by atoms with Gasteiger partial charge in [0.25, 0.3) is 5.91 Å². The molecule has 6 heteroatoms. The number of fused-ring (bicyclic) bond motifs is 1. The van der Waals surface area contributed by atoms with E-state index in [0.29, 0.717) is 31.9 Å². The molecule has 0 aliphatic carbocycles. The molecular formula is C23H27N3O3. The number of pyridine rings is 1. The standard InChI is InChI=1S/C23H27N3O3/c1-28-19-8-4-7-18(16-19)6-2-3-11-26-17-20(22-21(26)9-5-10-24-22)23(27)25-12-14-29-15-13-25/h4-5,7-10,16-17H,2-3,6,11-15H2,1H3. The summed E-state index contributed by atoms with van der Waals surface area (Å²) in [5.41, 5.74) is 3.78. The average Bonchev–Trinajstić information content (AvgIpc) is 3.16. The molecule has 3 heterocycles. The van der Waals surface area contributed by atoms with Crippen LogP contribution in [0, 0.1) is 0 Å². The smallest absolute Gasteiger partial charge is 0.257 e. The molecule has 0 radical (unpaired) electrons. The van der Waals surface area contributed by atoms with Crippen molar-refractivity contribution in [3.63, 3.8) is 0 Å². The van der Waals surface area contributed by atoms with Crippen LogP contribution in [-0.2, 0) is 17.7 Å². The van der Waals surface area contributed by atoms with Crippen LogP contribution >= 0.6 is 0 Å². The Morgan fingerprint density at radius 1 is 1.17 bits per heavy atom. The molecule has 1 aliphatic rings. The number of amides is 1. The van der Waals surface area contributed by atoms with Gasteiger partial charge in [-0.05, 0) is 49.1 Å². The van der Waals surface area contributed by atoms with Crippen LogP contribution in [0.5, 0.6) is 5.75 Å². The Labute approximate surface area is 171 Å². The number of carbonyl (C=O) groups excluding carboxylic acids is 1. The summed E-state index contributed by atoms with van der Waals surface area (Å²) in [4.78, 5) is 19.4. The lowest BCUT2D eigenvalue weighted by atomic mass is 10.1. The third kappa shape index (κ3) is 4.43. The number of methoxy groups -OCH3 is 1. The Morgan fingerprint density at radius 3 is 2.86 bits per heavy atom. The fourth-order valence-electron chi connectivity index (χ4n) is 3.84. The van der Waals surface area contributed by atoms with E-state index in [0.717, 1.165) is 42.6 Å². The number of benzene rings is 1. The highest BCUT2D eigenvalue weighted by molar-refractivity contribution is 6.05. The Balaban J connectivity index is 1.44. The number of aryl methyl sites for hydroxylation is 2. The summed E-state index contributed by atoms with van der Waals surface area (Å²) in [5.74, 6) is 0.948. The maximum absolute atomic E-state index is 13.0. The van der Waals surface area contributed by atoms with Crippen LogP contribution in [0.3, 0.4) is 0 Å². The van der Waals surface area contributed by atoms with Crippen molar-refractivity contribution in [1.29, 1.82) is 0 Å². The minimum absolute atomic E-state index is 0.0483. The highest BCUT2D eigenvalue weighted by atomic mass is 16.5. The minimum atomic E-state index is 0.0483. The maximum Gasteiger partial charge on any atom is 0.257 e. The second-order valence-corrected chi connectivity index (χ2v) is 7.32. The zero-order valence-corrected chi connectivity index (χ0v) is 16.8. The summed E-state index contributed by atoms with van der Waals surface area (Å²) >= 11 is 0. The zero-order valence-electron chi connectivity index (χ0n) is 16.8. The number of carbonyl (C=O) groups is 1. The van der Waals surface area contributed by atoms with Gasteiger partial charge in [0.1, 0.15) is 11.3 Å². The molecule has 1 fully saturated rings. The molecule has 1 amide bonds. The fourth-order valence-corrected chi connectivity index (χ4v) is 3.84. The molecule has 4 rings (SSSR count). The molecule has 0 saturated carbocycles. The predicted molar refractivity (Wildman–Crippen MR) is 112 cm³/mol. The molecular weight excluding hydrogens is 366 g/mol. The quantitative estimate of drug-likeness (QED) is 0.576. The van der Waals surface area contributed by atoms with E-state index in [1.807, 2.05) is 35.4 Å². The Hall–Kier alpha value is -2.86. The van der Waals surface area contributed by atoms with Gasteiger partial charge in [-0.3, -0.25) is 9.78 Å². The molecule has 0 atom stereocenters. The van der Waals surface area contributed by atoms with Crippen molar-refractivity contribution in [2.45, 2.75) is 25.8 Å². The number of rotatable bonds is 7. The molecule has 0 N–H and O–H groups in total. The molecule has 152 valence electrons. The van der Waals surface area contributed by atoms with Crippen LogP contribution in [0.2, 0.25) is 0 Å². The van der Waals surface area contributed by atoms with Gasteiger partial charge in [0, 0.05) is 32.0 Å². The summed E-state index contributed by atoms with van der Waals surface area (Å²) in [6, 6.07) is 12.2. The van der Waals surface area contributed by atoms with Gasteiger partial charge in [-0.25, -0.2) is 0 Å². The molecule has 0 spiro atoms. The zero-order chi connectivity index (χ0) is 20.1. The molecule has 1 aromatic carbocycles. The van der Waals surface area contributed by atoms with Gasteiger partial charge in [0.2, 0.25) is 0 Å². The number of morpholine rings is 1. The van der Waals surface area contributed by atoms with Crippen molar-refractivity contribution >= 4 is 16.9 Å². The first-order valence-electron chi connectivity index (χ1n) is 10.2. The lowest BCUT2D eigenvalue weighted by Crippen LogP contribution is -2.40. The Kier molecular flexibility index (Phi) is 6.10. The van der Waals surface area contributed by atoms with Gasteiger partial charge >= 0.3 is 0 Å². The van der Waals surface area contributed by atoms with Gasteiger partial charge in [0.05, 0.1) is 31.4 Å². The van der Waals surface area contributed by atoms with Gasteiger partial charge in [0.15, 0.2) is 0 Å². The number of nitrogens with zero attached hydrogens (tertiary/aromatic N) is 3. The first-order valence-corrected chi connectivity index (χ1v) is 10.2. The molecule has 3 aromatic rings. The van der Waals surface area contributed by atoms with Crippen molar-refractivity contribution in [2.75, 3.05) is 33.4 Å². The monoisotopic (exact) mass is 393 g/mol. The van der Waals surface area contributed by atoms with E-state index in [1.165, 1.54) is 5.56 Å². The molecule has 1 aliphatic heterocycles. The van der Waals surface area contributed by atoms with Crippen molar-refractivity contribution in [3.8, 4) is 5.75 Å². The number of aromatic nitrogens is 2. The number of hydrogen-bond donors (Lipinski definition) is 0. The largest absolute Gasteiger partial charge is 0.497 e. The maximum atomic E-state index is 13.0. The summed E-state index contributed by atoms with van der Waals surface area (Å²) in [5, 5.41) is 0. The SMILES string of the molecule is COc1cccc(CCCCn2cc(C(=O)N3CCOCC3)c3ncccc32)c1. The van der Waals surface area contributed by atoms with Crippen molar-refractivity contribution in [2.24, 2.45) is 0 Å². The molecule has 0 unspecified atom stereocenters. The van der Waals surface area contributed by atoms with E-state index in [9.17, 15) is 4.79 Å². The van der Waals surface area contributed by atoms with E-state index in [1.54, 1.807) is 13.3 Å². The molecule has 29 heavy (non-hydrogen) atoms. The lowest BCUT2D eigenvalue weighted by Gasteiger charge is -2.26. The van der Waals surface area contributed by atoms with Crippen LogP contribution in [-0.4, -0.2) is 53.8 Å². The van der Waals surface area contributed by atoms with E-state index >= 15 is 0 Å². The van der Waals surface area contributed by atoms with Gasteiger partial charge in [-0.2, -0.15) is 0 Å². The van der Waals surface area contributed by atoms with Crippen LogP contribution in [0.1, 0.15) is 28.8 Å². The van der Waals surface area contributed by atoms with Crippen molar-refractivity contribution < 1.29 is 14.3 Å². The second-order valence-electron chi connectivity index (χ2n) is 7.32. The van der Waals surface area contributed by atoms with Crippen molar-refractivity contribution in [3.05, 3.63) is 59.9 Å². The summed E-state index contributed by atoms with van der Waals surface area (Å²) in [6.07, 6.45) is 6.84. The van der Waals surface area contributed by atoms with Gasteiger partial charge in [-0.15, -0.1) is 0 Å². The number of unbranched alkanes of at least 4 members (excludes halogenated alkanes) is 1. The van der Waals surface area contributed by atoms with E-state index in [-0.39, 0.29) is 5.91 Å². The number of hydrogen-bond acceptors (Lipinski definition) is 4. The highest BCUT2D eigenvalue weighted by Gasteiger charge is 2.23. The van der Waals surface area contributed by atoms with Crippen LogP contribution in [0.25, 0.3) is 11.0 Å². The summed E-state index contributed by atoms with van der Waals surface area (Å²) in [6.45, 7) is 3.34. The second kappa shape index (κ2) is 9.09. The van der Waals surface area contributed by atoms with Gasteiger partial charge in [-0.1, -0.05) is 12.1 Å². The molecule has 2 aromatic heterocycles.